The molecular weight excluding hydrogens is 438 g/mol. The molecule has 1 aliphatic heterocycles. The van der Waals surface area contributed by atoms with Crippen LogP contribution >= 0.6 is 15.9 Å². The number of hydrogen-bond donors (Lipinski definition) is 2. The summed E-state index contributed by atoms with van der Waals surface area (Å²) < 4.78 is 5.97. The molecule has 0 saturated heterocycles. The molecule has 1 heterocycles. The van der Waals surface area contributed by atoms with Gasteiger partial charge in [0.25, 0.3) is 11.8 Å². The van der Waals surface area contributed by atoms with E-state index in [0.717, 1.165) is 10.0 Å². The fraction of sp³-hybridized carbons (Fsp3) is 0.286. The van der Waals surface area contributed by atoms with Gasteiger partial charge in [-0.15, -0.1) is 0 Å². The first-order valence-corrected chi connectivity index (χ1v) is 10.1. The van der Waals surface area contributed by atoms with Crippen LogP contribution in [0.15, 0.2) is 46.9 Å². The van der Waals surface area contributed by atoms with Crippen molar-refractivity contribution in [2.45, 2.75) is 12.8 Å². The van der Waals surface area contributed by atoms with E-state index in [1.165, 1.54) is 4.90 Å². The normalized spacial score (nSPS) is 12.8. The van der Waals surface area contributed by atoms with Crippen molar-refractivity contribution < 1.29 is 19.1 Å². The van der Waals surface area contributed by atoms with E-state index in [9.17, 15) is 14.4 Å². The van der Waals surface area contributed by atoms with Gasteiger partial charge in [-0.3, -0.25) is 14.5 Å². The van der Waals surface area contributed by atoms with Crippen molar-refractivity contribution in [1.29, 1.82) is 0 Å². The summed E-state index contributed by atoms with van der Waals surface area (Å²) in [5, 5.41) is 5.50. The second kappa shape index (κ2) is 9.67. The van der Waals surface area contributed by atoms with Gasteiger partial charge in [0.05, 0.1) is 11.1 Å². The third kappa shape index (κ3) is 5.21. The van der Waals surface area contributed by atoms with E-state index in [1.807, 2.05) is 24.3 Å². The minimum Gasteiger partial charge on any atom is -0.385 e. The van der Waals surface area contributed by atoms with E-state index < -0.39 is 0 Å². The van der Waals surface area contributed by atoms with E-state index in [-0.39, 0.29) is 17.8 Å². The number of urea groups is 1. The number of ether oxygens (including phenoxy) is 1. The quantitative estimate of drug-likeness (QED) is 0.467. The van der Waals surface area contributed by atoms with Gasteiger partial charge < -0.3 is 15.4 Å². The summed E-state index contributed by atoms with van der Waals surface area (Å²) >= 11 is 3.42. The minimum atomic E-state index is -0.367. The summed E-state index contributed by atoms with van der Waals surface area (Å²) in [4.78, 5) is 38.3. The highest BCUT2D eigenvalue weighted by Gasteiger charge is 2.35. The topological polar surface area (TPSA) is 87.7 Å². The van der Waals surface area contributed by atoms with Crippen molar-refractivity contribution in [1.82, 2.24) is 10.2 Å². The minimum absolute atomic E-state index is 0.305. The molecule has 0 fully saturated rings. The predicted molar refractivity (Wildman–Crippen MR) is 113 cm³/mol. The molecule has 0 atom stereocenters. The molecule has 0 unspecified atom stereocenters. The van der Waals surface area contributed by atoms with Crippen molar-refractivity contribution in [3.63, 3.8) is 0 Å². The molecule has 29 heavy (non-hydrogen) atoms. The van der Waals surface area contributed by atoms with Gasteiger partial charge in [0, 0.05) is 37.0 Å². The predicted octanol–water partition coefficient (Wildman–Crippen LogP) is 3.45. The molecule has 1 aliphatic rings. The molecule has 0 bridgehead atoms. The number of carbonyl (C=O) groups excluding carboxylic acids is 3. The molecule has 0 radical (unpaired) electrons. The summed E-state index contributed by atoms with van der Waals surface area (Å²) in [6, 6.07) is 12.3. The first-order chi connectivity index (χ1) is 14.0. The number of rotatable bonds is 8. The van der Waals surface area contributed by atoms with Crippen LogP contribution < -0.4 is 10.6 Å². The Morgan fingerprint density at radius 1 is 1.10 bits per heavy atom. The van der Waals surface area contributed by atoms with Crippen molar-refractivity contribution in [3.05, 3.63) is 63.6 Å². The maximum absolute atomic E-state index is 12.5. The van der Waals surface area contributed by atoms with Gasteiger partial charge in [-0.1, -0.05) is 28.1 Å². The second-order valence-electron chi connectivity index (χ2n) is 6.63. The fourth-order valence-electron chi connectivity index (χ4n) is 3.13. The Hall–Kier alpha value is -2.71. The van der Waals surface area contributed by atoms with Gasteiger partial charge in [-0.25, -0.2) is 4.79 Å². The number of hydrogen-bond acceptors (Lipinski definition) is 4. The Kier molecular flexibility index (Phi) is 7.00. The Bertz CT molecular complexity index is 932. The number of benzene rings is 2. The standard InChI is InChI=1S/C21H22BrN3O4/c1-29-11-3-10-25-19(26)17-7-6-16(13-18(17)20(25)27)24-21(28)23-9-8-14-4-2-5-15(22)12-14/h2,4-7,12-13H,3,8-11H2,1H3,(H2,23,24,28). The average Bonchev–Trinajstić information content (AvgIpc) is 2.92. The molecule has 7 nitrogen and oxygen atoms in total. The van der Waals surface area contributed by atoms with Gasteiger partial charge >= 0.3 is 6.03 Å². The van der Waals surface area contributed by atoms with Crippen LogP contribution in [-0.2, 0) is 11.2 Å². The number of methoxy groups -OCH3 is 1. The van der Waals surface area contributed by atoms with Crippen molar-refractivity contribution in [3.8, 4) is 0 Å². The molecule has 2 N–H and O–H groups in total. The van der Waals surface area contributed by atoms with Crippen LogP contribution in [0.3, 0.4) is 0 Å². The monoisotopic (exact) mass is 459 g/mol. The van der Waals surface area contributed by atoms with E-state index in [4.69, 9.17) is 4.74 Å². The lowest BCUT2D eigenvalue weighted by Gasteiger charge is -2.12. The summed E-state index contributed by atoms with van der Waals surface area (Å²) in [5.41, 5.74) is 2.23. The Balaban J connectivity index is 1.56. The lowest BCUT2D eigenvalue weighted by Crippen LogP contribution is -2.31. The number of carbonyl (C=O) groups is 3. The number of imide groups is 1. The Morgan fingerprint density at radius 2 is 1.90 bits per heavy atom. The molecule has 3 rings (SSSR count). The van der Waals surface area contributed by atoms with Gasteiger partial charge in [0.1, 0.15) is 0 Å². The average molecular weight is 460 g/mol. The zero-order valence-corrected chi connectivity index (χ0v) is 17.6. The van der Waals surface area contributed by atoms with Gasteiger partial charge in [-0.05, 0) is 48.7 Å². The van der Waals surface area contributed by atoms with E-state index in [1.54, 1.807) is 25.3 Å². The summed E-state index contributed by atoms with van der Waals surface area (Å²) in [6.07, 6.45) is 1.27. The van der Waals surface area contributed by atoms with Gasteiger partial charge in [0.2, 0.25) is 0 Å². The Morgan fingerprint density at radius 3 is 2.66 bits per heavy atom. The van der Waals surface area contributed by atoms with E-state index in [2.05, 4.69) is 26.6 Å². The zero-order chi connectivity index (χ0) is 20.8. The molecule has 152 valence electrons. The lowest BCUT2D eigenvalue weighted by molar-refractivity contribution is 0.0638. The molecule has 4 amide bonds. The highest BCUT2D eigenvalue weighted by Crippen LogP contribution is 2.26. The molecule has 0 aromatic heterocycles. The van der Waals surface area contributed by atoms with Crippen LogP contribution in [0.4, 0.5) is 10.5 Å². The third-order valence-corrected chi connectivity index (χ3v) is 5.04. The van der Waals surface area contributed by atoms with Crippen LogP contribution in [0.5, 0.6) is 0 Å². The number of halogens is 1. The van der Waals surface area contributed by atoms with Crippen LogP contribution in [0.2, 0.25) is 0 Å². The van der Waals surface area contributed by atoms with Gasteiger partial charge in [0.15, 0.2) is 0 Å². The highest BCUT2D eigenvalue weighted by molar-refractivity contribution is 9.10. The maximum Gasteiger partial charge on any atom is 0.319 e. The molecule has 0 spiro atoms. The molecule has 0 aliphatic carbocycles. The number of fused-ring (bicyclic) bond motifs is 1. The molecule has 8 heteroatoms. The third-order valence-electron chi connectivity index (χ3n) is 4.55. The number of amides is 4. The lowest BCUT2D eigenvalue weighted by atomic mass is 10.1. The highest BCUT2D eigenvalue weighted by atomic mass is 79.9. The number of nitrogens with zero attached hydrogens (tertiary/aromatic N) is 1. The fourth-order valence-corrected chi connectivity index (χ4v) is 3.57. The summed E-state index contributed by atoms with van der Waals surface area (Å²) in [6.45, 7) is 1.25. The van der Waals surface area contributed by atoms with Crippen LogP contribution in [0.1, 0.15) is 32.7 Å². The smallest absolute Gasteiger partial charge is 0.319 e. The number of anilines is 1. The first-order valence-electron chi connectivity index (χ1n) is 9.28. The van der Waals surface area contributed by atoms with Crippen molar-refractivity contribution >= 4 is 39.5 Å². The zero-order valence-electron chi connectivity index (χ0n) is 16.0. The Labute approximate surface area is 177 Å². The molecule has 2 aromatic rings. The van der Waals surface area contributed by atoms with Gasteiger partial charge in [-0.2, -0.15) is 0 Å². The van der Waals surface area contributed by atoms with E-state index in [0.29, 0.717) is 49.4 Å². The second-order valence-corrected chi connectivity index (χ2v) is 7.55. The van der Waals surface area contributed by atoms with Crippen LogP contribution in [-0.4, -0.2) is 49.6 Å². The maximum atomic E-state index is 12.5. The number of nitrogens with one attached hydrogen (secondary N) is 2. The SMILES string of the molecule is COCCCN1C(=O)c2ccc(NC(=O)NCCc3cccc(Br)c3)cc2C1=O. The molecule has 0 saturated carbocycles. The van der Waals surface area contributed by atoms with Crippen molar-refractivity contribution in [2.75, 3.05) is 32.1 Å². The summed E-state index contributed by atoms with van der Waals surface area (Å²) in [5.74, 6) is -0.661. The van der Waals surface area contributed by atoms with Crippen LogP contribution in [0, 0.1) is 0 Å². The largest absolute Gasteiger partial charge is 0.385 e. The summed E-state index contributed by atoms with van der Waals surface area (Å²) in [7, 11) is 1.57. The molecular formula is C21H22BrN3O4. The molecule has 2 aromatic carbocycles. The van der Waals surface area contributed by atoms with Crippen LogP contribution in [0.25, 0.3) is 0 Å². The first kappa shape index (κ1) is 21.0. The van der Waals surface area contributed by atoms with E-state index >= 15 is 0 Å². The van der Waals surface area contributed by atoms with Crippen molar-refractivity contribution in [2.24, 2.45) is 0 Å².